The van der Waals surface area contributed by atoms with E-state index in [0.717, 1.165) is 17.9 Å². The van der Waals surface area contributed by atoms with Gasteiger partial charge in [-0.2, -0.15) is 0 Å². The van der Waals surface area contributed by atoms with Crippen LogP contribution in [-0.4, -0.2) is 32.5 Å². The summed E-state index contributed by atoms with van der Waals surface area (Å²) >= 11 is 0. The molecule has 0 radical (unpaired) electrons. The Morgan fingerprint density at radius 2 is 1.66 bits per heavy atom. The molecule has 4 atom stereocenters. The maximum atomic E-state index is 12.9. The van der Waals surface area contributed by atoms with Crippen LogP contribution in [0.5, 0.6) is 0 Å². The summed E-state index contributed by atoms with van der Waals surface area (Å²) in [5, 5.41) is 0. The van der Waals surface area contributed by atoms with Crippen molar-refractivity contribution in [3.05, 3.63) is 42.0 Å². The van der Waals surface area contributed by atoms with Gasteiger partial charge in [-0.25, -0.2) is 13.1 Å². The summed E-state index contributed by atoms with van der Waals surface area (Å²) in [5.41, 5.74) is 1.03. The highest BCUT2D eigenvalue weighted by molar-refractivity contribution is 7.89. The predicted octanol–water partition coefficient (Wildman–Crippen LogP) is 4.32. The van der Waals surface area contributed by atoms with E-state index >= 15 is 0 Å². The summed E-state index contributed by atoms with van der Waals surface area (Å²) in [7, 11) is -3.63. The molecule has 0 bridgehead atoms. The normalized spacial score (nSPS) is 32.2. The highest BCUT2D eigenvalue weighted by Crippen LogP contribution is 2.41. The smallest absolute Gasteiger partial charge is 0.241 e. The van der Waals surface area contributed by atoms with E-state index in [-0.39, 0.29) is 23.0 Å². The SMILES string of the molecule is Cc1ccc(S(=O)(=O)N[C@@H]2C=C[C@H](CC3CCCCC3)[C@H]3OC(C)(C)O[C@H]32)cc1. The minimum Gasteiger partial charge on any atom is -0.344 e. The summed E-state index contributed by atoms with van der Waals surface area (Å²) < 4.78 is 41.1. The zero-order valence-electron chi connectivity index (χ0n) is 17.6. The van der Waals surface area contributed by atoms with Gasteiger partial charge >= 0.3 is 0 Å². The molecule has 1 saturated carbocycles. The second-order valence-corrected chi connectivity index (χ2v) is 11.0. The van der Waals surface area contributed by atoms with Crippen LogP contribution in [0.2, 0.25) is 0 Å². The van der Waals surface area contributed by atoms with Gasteiger partial charge in [0.05, 0.1) is 17.0 Å². The third kappa shape index (κ3) is 4.76. The first-order valence-corrected chi connectivity index (χ1v) is 12.3. The molecule has 0 amide bonds. The number of benzene rings is 1. The molecule has 2 aliphatic carbocycles. The van der Waals surface area contributed by atoms with E-state index in [1.807, 2.05) is 39.0 Å². The fourth-order valence-electron chi connectivity index (χ4n) is 5.00. The van der Waals surface area contributed by atoms with Crippen molar-refractivity contribution in [1.82, 2.24) is 4.72 Å². The first-order valence-electron chi connectivity index (χ1n) is 10.9. The monoisotopic (exact) mass is 419 g/mol. The third-order valence-corrected chi connectivity index (χ3v) is 7.93. The highest BCUT2D eigenvalue weighted by atomic mass is 32.2. The van der Waals surface area contributed by atoms with Crippen molar-refractivity contribution >= 4 is 10.0 Å². The molecule has 5 nitrogen and oxygen atoms in total. The Bertz CT molecular complexity index is 840. The van der Waals surface area contributed by atoms with Crippen LogP contribution in [0.15, 0.2) is 41.3 Å². The van der Waals surface area contributed by atoms with Gasteiger partial charge in [0.1, 0.15) is 6.10 Å². The van der Waals surface area contributed by atoms with Crippen molar-refractivity contribution in [3.63, 3.8) is 0 Å². The average molecular weight is 420 g/mol. The molecule has 29 heavy (non-hydrogen) atoms. The molecule has 3 aliphatic rings. The zero-order chi connectivity index (χ0) is 20.6. The first kappa shape index (κ1) is 21.0. The molecule has 0 unspecified atom stereocenters. The Morgan fingerprint density at radius 3 is 2.34 bits per heavy atom. The molecule has 1 aromatic carbocycles. The fourth-order valence-corrected chi connectivity index (χ4v) is 6.20. The van der Waals surface area contributed by atoms with Gasteiger partial charge in [-0.15, -0.1) is 0 Å². The lowest BCUT2D eigenvalue weighted by molar-refractivity contribution is -0.149. The summed E-state index contributed by atoms with van der Waals surface area (Å²) in [4.78, 5) is 0.274. The fraction of sp³-hybridized carbons (Fsp3) is 0.652. The molecule has 0 aromatic heterocycles. The molecule has 0 spiro atoms. The van der Waals surface area contributed by atoms with E-state index in [2.05, 4.69) is 10.8 Å². The minimum atomic E-state index is -3.63. The van der Waals surface area contributed by atoms with Crippen LogP contribution in [0.4, 0.5) is 0 Å². The van der Waals surface area contributed by atoms with Gasteiger partial charge < -0.3 is 9.47 Å². The second kappa shape index (κ2) is 8.14. The van der Waals surface area contributed by atoms with Crippen LogP contribution < -0.4 is 4.72 Å². The molecule has 6 heteroatoms. The molecule has 4 rings (SSSR count). The van der Waals surface area contributed by atoms with E-state index in [9.17, 15) is 8.42 Å². The Balaban J connectivity index is 1.53. The molecule has 1 aromatic rings. The van der Waals surface area contributed by atoms with Crippen molar-refractivity contribution in [2.75, 3.05) is 0 Å². The van der Waals surface area contributed by atoms with Crippen LogP contribution in [0.25, 0.3) is 0 Å². The lowest BCUT2D eigenvalue weighted by Crippen LogP contribution is -2.50. The molecule has 2 fully saturated rings. The molecular formula is C23H33NO4S. The summed E-state index contributed by atoms with van der Waals surface area (Å²) in [5.74, 6) is 0.289. The number of hydrogen-bond donors (Lipinski definition) is 1. The van der Waals surface area contributed by atoms with Gasteiger partial charge in [-0.05, 0) is 45.2 Å². The second-order valence-electron chi connectivity index (χ2n) is 9.31. The summed E-state index contributed by atoms with van der Waals surface area (Å²) in [6.45, 7) is 5.76. The van der Waals surface area contributed by atoms with Gasteiger partial charge in [0.25, 0.3) is 0 Å². The number of aryl methyl sites for hydroxylation is 1. The molecule has 1 N–H and O–H groups in total. The Hall–Kier alpha value is -1.21. The molecular weight excluding hydrogens is 386 g/mol. The number of sulfonamides is 1. The largest absolute Gasteiger partial charge is 0.344 e. The highest BCUT2D eigenvalue weighted by Gasteiger charge is 2.50. The quantitative estimate of drug-likeness (QED) is 0.722. The van der Waals surface area contributed by atoms with Gasteiger partial charge in [0.15, 0.2) is 5.79 Å². The lowest BCUT2D eigenvalue weighted by atomic mass is 9.77. The molecule has 1 heterocycles. The van der Waals surface area contributed by atoms with Crippen LogP contribution in [0.3, 0.4) is 0 Å². The molecule has 160 valence electrons. The average Bonchev–Trinajstić information content (AvgIpc) is 3.01. The van der Waals surface area contributed by atoms with Crippen molar-refractivity contribution in [1.29, 1.82) is 0 Å². The van der Waals surface area contributed by atoms with Gasteiger partial charge in [-0.3, -0.25) is 0 Å². The summed E-state index contributed by atoms with van der Waals surface area (Å²) in [6.07, 6.45) is 11.3. The number of ether oxygens (including phenoxy) is 2. The van der Waals surface area contributed by atoms with Gasteiger partial charge in [0.2, 0.25) is 10.0 Å². The predicted molar refractivity (Wildman–Crippen MR) is 113 cm³/mol. The topological polar surface area (TPSA) is 64.6 Å². The number of nitrogens with one attached hydrogen (secondary N) is 1. The van der Waals surface area contributed by atoms with E-state index in [4.69, 9.17) is 9.47 Å². The zero-order valence-corrected chi connectivity index (χ0v) is 18.5. The van der Waals surface area contributed by atoms with Crippen LogP contribution in [0.1, 0.15) is 57.9 Å². The van der Waals surface area contributed by atoms with Crippen molar-refractivity contribution in [3.8, 4) is 0 Å². The van der Waals surface area contributed by atoms with Gasteiger partial charge in [-0.1, -0.05) is 62.0 Å². The first-order chi connectivity index (χ1) is 13.7. The van der Waals surface area contributed by atoms with Gasteiger partial charge in [0, 0.05) is 5.92 Å². The van der Waals surface area contributed by atoms with Crippen LogP contribution in [0, 0.1) is 18.8 Å². The summed E-state index contributed by atoms with van der Waals surface area (Å²) in [6, 6.07) is 6.47. The third-order valence-electron chi connectivity index (χ3n) is 6.46. The van der Waals surface area contributed by atoms with E-state index in [1.54, 1.807) is 12.1 Å². The van der Waals surface area contributed by atoms with Crippen molar-refractivity contribution in [2.24, 2.45) is 11.8 Å². The van der Waals surface area contributed by atoms with Crippen LogP contribution >= 0.6 is 0 Å². The Morgan fingerprint density at radius 1 is 1.00 bits per heavy atom. The lowest BCUT2D eigenvalue weighted by Gasteiger charge is -2.35. The Labute approximate surface area is 174 Å². The molecule has 1 saturated heterocycles. The standard InChI is InChI=1S/C23H33NO4S/c1-16-9-12-19(13-10-16)29(25,26)24-20-14-11-18(15-17-7-5-4-6-8-17)21-22(20)28-23(2,3)27-21/h9-14,17-18,20-22,24H,4-8,15H2,1-3H3/t18-,20-,21-,22+/m1/s1. The number of fused-ring (bicyclic) bond motifs is 1. The molecule has 1 aliphatic heterocycles. The maximum absolute atomic E-state index is 12.9. The number of rotatable bonds is 5. The van der Waals surface area contributed by atoms with Crippen molar-refractivity contribution in [2.45, 2.75) is 88.2 Å². The van der Waals surface area contributed by atoms with E-state index < -0.39 is 21.9 Å². The van der Waals surface area contributed by atoms with E-state index in [1.165, 1.54) is 32.1 Å². The Kier molecular flexibility index (Phi) is 5.90. The maximum Gasteiger partial charge on any atom is 0.241 e. The minimum absolute atomic E-state index is 0.123. The number of hydrogen-bond acceptors (Lipinski definition) is 4. The van der Waals surface area contributed by atoms with Crippen molar-refractivity contribution < 1.29 is 17.9 Å². The van der Waals surface area contributed by atoms with E-state index in [0.29, 0.717) is 0 Å². The van der Waals surface area contributed by atoms with Crippen LogP contribution in [-0.2, 0) is 19.5 Å².